The van der Waals surface area contributed by atoms with Crippen LogP contribution in [0.5, 0.6) is 17.2 Å². The SMILES string of the molecule is O=Cc1ccc2c(c1OC(=O)c1ccccc1)OCO2. The molecule has 0 saturated heterocycles. The van der Waals surface area contributed by atoms with Crippen LogP contribution < -0.4 is 14.2 Å². The first-order chi connectivity index (χ1) is 9.79. The molecule has 0 atom stereocenters. The summed E-state index contributed by atoms with van der Waals surface area (Å²) in [5, 5.41) is 0. The predicted molar refractivity (Wildman–Crippen MR) is 69.4 cm³/mol. The van der Waals surface area contributed by atoms with E-state index in [0.717, 1.165) is 0 Å². The van der Waals surface area contributed by atoms with Crippen molar-refractivity contribution in [2.75, 3.05) is 6.79 Å². The Morgan fingerprint density at radius 1 is 1.10 bits per heavy atom. The second-order valence-corrected chi connectivity index (χ2v) is 4.09. The van der Waals surface area contributed by atoms with Crippen LogP contribution in [0.4, 0.5) is 0 Å². The average Bonchev–Trinajstić information content (AvgIpc) is 2.97. The summed E-state index contributed by atoms with van der Waals surface area (Å²) in [4.78, 5) is 23.1. The van der Waals surface area contributed by atoms with E-state index < -0.39 is 5.97 Å². The molecule has 0 saturated carbocycles. The van der Waals surface area contributed by atoms with E-state index in [1.807, 2.05) is 0 Å². The molecular weight excluding hydrogens is 260 g/mol. The summed E-state index contributed by atoms with van der Waals surface area (Å²) in [6.07, 6.45) is 0.607. The standard InChI is InChI=1S/C15H10O5/c16-8-11-6-7-12-14(19-9-18-12)13(11)20-15(17)10-4-2-1-3-5-10/h1-8H,9H2. The quantitative estimate of drug-likeness (QED) is 0.487. The summed E-state index contributed by atoms with van der Waals surface area (Å²) in [6, 6.07) is 11.6. The Bertz CT molecular complexity index is 663. The fourth-order valence-corrected chi connectivity index (χ4v) is 1.89. The van der Waals surface area contributed by atoms with Crippen LogP contribution in [-0.4, -0.2) is 19.0 Å². The molecule has 2 aromatic carbocycles. The summed E-state index contributed by atoms with van der Waals surface area (Å²) in [5.41, 5.74) is 0.624. The zero-order valence-electron chi connectivity index (χ0n) is 10.4. The number of carbonyl (C=O) groups excluding carboxylic acids is 2. The van der Waals surface area contributed by atoms with Gasteiger partial charge >= 0.3 is 5.97 Å². The van der Waals surface area contributed by atoms with E-state index in [2.05, 4.69) is 0 Å². The van der Waals surface area contributed by atoms with Crippen LogP contribution in [0.25, 0.3) is 0 Å². The van der Waals surface area contributed by atoms with Gasteiger partial charge in [-0.05, 0) is 24.3 Å². The lowest BCUT2D eigenvalue weighted by Crippen LogP contribution is -2.10. The molecule has 1 heterocycles. The van der Waals surface area contributed by atoms with E-state index >= 15 is 0 Å². The minimum absolute atomic E-state index is 0.0352. The molecule has 0 spiro atoms. The van der Waals surface area contributed by atoms with Gasteiger partial charge in [-0.25, -0.2) is 4.79 Å². The van der Waals surface area contributed by atoms with Crippen LogP contribution in [-0.2, 0) is 0 Å². The van der Waals surface area contributed by atoms with Gasteiger partial charge in [0, 0.05) is 0 Å². The highest BCUT2D eigenvalue weighted by Gasteiger charge is 2.24. The Morgan fingerprint density at radius 3 is 2.65 bits per heavy atom. The van der Waals surface area contributed by atoms with Crippen LogP contribution in [0, 0.1) is 0 Å². The second kappa shape index (κ2) is 5.05. The number of carbonyl (C=O) groups is 2. The summed E-state index contributed by atoms with van der Waals surface area (Å²) in [5.74, 6) is 0.256. The van der Waals surface area contributed by atoms with Crippen molar-refractivity contribution in [2.24, 2.45) is 0 Å². The van der Waals surface area contributed by atoms with Crippen molar-refractivity contribution in [3.8, 4) is 17.2 Å². The van der Waals surface area contributed by atoms with Gasteiger partial charge in [-0.15, -0.1) is 0 Å². The minimum atomic E-state index is -0.558. The number of rotatable bonds is 3. The van der Waals surface area contributed by atoms with Crippen LogP contribution in [0.2, 0.25) is 0 Å². The van der Waals surface area contributed by atoms with Crippen molar-refractivity contribution in [1.29, 1.82) is 0 Å². The van der Waals surface area contributed by atoms with Crippen LogP contribution >= 0.6 is 0 Å². The summed E-state index contributed by atoms with van der Waals surface area (Å²) < 4.78 is 15.7. The molecule has 0 aliphatic carbocycles. The molecule has 5 heteroatoms. The highest BCUT2D eigenvalue weighted by atomic mass is 16.7. The van der Waals surface area contributed by atoms with Crippen LogP contribution in [0.15, 0.2) is 42.5 Å². The molecule has 1 aliphatic rings. The number of fused-ring (bicyclic) bond motifs is 1. The molecule has 0 aromatic heterocycles. The molecule has 0 bridgehead atoms. The van der Waals surface area contributed by atoms with Crippen molar-refractivity contribution in [1.82, 2.24) is 0 Å². The van der Waals surface area contributed by atoms with Crippen molar-refractivity contribution in [3.63, 3.8) is 0 Å². The molecule has 1 aliphatic heterocycles. The monoisotopic (exact) mass is 270 g/mol. The van der Waals surface area contributed by atoms with Crippen molar-refractivity contribution in [2.45, 2.75) is 0 Å². The maximum absolute atomic E-state index is 12.0. The number of hydrogen-bond donors (Lipinski definition) is 0. The third-order valence-corrected chi connectivity index (χ3v) is 2.86. The first-order valence-corrected chi connectivity index (χ1v) is 5.94. The molecule has 5 nitrogen and oxygen atoms in total. The zero-order chi connectivity index (χ0) is 13.9. The van der Waals surface area contributed by atoms with E-state index in [1.165, 1.54) is 6.07 Å². The van der Waals surface area contributed by atoms with Gasteiger partial charge in [0.15, 0.2) is 17.8 Å². The van der Waals surface area contributed by atoms with Gasteiger partial charge in [-0.2, -0.15) is 0 Å². The second-order valence-electron chi connectivity index (χ2n) is 4.09. The van der Waals surface area contributed by atoms with Gasteiger partial charge < -0.3 is 14.2 Å². The normalized spacial score (nSPS) is 12.0. The fraction of sp³-hybridized carbons (Fsp3) is 0.0667. The number of hydrogen-bond acceptors (Lipinski definition) is 5. The summed E-state index contributed by atoms with van der Waals surface area (Å²) >= 11 is 0. The lowest BCUT2D eigenvalue weighted by Gasteiger charge is -2.09. The van der Waals surface area contributed by atoms with Crippen LogP contribution in [0.3, 0.4) is 0 Å². The molecule has 0 fully saturated rings. The van der Waals surface area contributed by atoms with Gasteiger partial charge in [-0.3, -0.25) is 4.79 Å². The lowest BCUT2D eigenvalue weighted by atomic mass is 10.2. The summed E-state index contributed by atoms with van der Waals surface area (Å²) in [6.45, 7) is 0.0352. The van der Waals surface area contributed by atoms with Gasteiger partial charge in [0.1, 0.15) is 0 Å². The number of esters is 1. The lowest BCUT2D eigenvalue weighted by molar-refractivity contribution is 0.0726. The number of benzene rings is 2. The maximum atomic E-state index is 12.0. The maximum Gasteiger partial charge on any atom is 0.343 e. The van der Waals surface area contributed by atoms with Crippen LogP contribution in [0.1, 0.15) is 20.7 Å². The smallest absolute Gasteiger partial charge is 0.343 e. The largest absolute Gasteiger partial charge is 0.453 e. The first kappa shape index (κ1) is 12.2. The minimum Gasteiger partial charge on any atom is -0.453 e. The Hall–Kier alpha value is -2.82. The van der Waals surface area contributed by atoms with Gasteiger partial charge in [0.2, 0.25) is 12.5 Å². The Morgan fingerprint density at radius 2 is 1.90 bits per heavy atom. The van der Waals surface area contributed by atoms with Gasteiger partial charge in [-0.1, -0.05) is 18.2 Å². The van der Waals surface area contributed by atoms with Crippen molar-refractivity contribution < 1.29 is 23.8 Å². The Balaban J connectivity index is 1.97. The molecule has 0 amide bonds. The topological polar surface area (TPSA) is 61.8 Å². The molecule has 20 heavy (non-hydrogen) atoms. The Kier molecular flexibility index (Phi) is 3.09. The van der Waals surface area contributed by atoms with Gasteiger partial charge in [0.05, 0.1) is 11.1 Å². The highest BCUT2D eigenvalue weighted by Crippen LogP contribution is 2.42. The van der Waals surface area contributed by atoms with E-state index in [9.17, 15) is 9.59 Å². The number of aldehydes is 1. The molecule has 0 radical (unpaired) electrons. The molecule has 0 N–H and O–H groups in total. The summed E-state index contributed by atoms with van der Waals surface area (Å²) in [7, 11) is 0. The first-order valence-electron chi connectivity index (χ1n) is 5.94. The van der Waals surface area contributed by atoms with Gasteiger partial charge in [0.25, 0.3) is 0 Å². The predicted octanol–water partition coefficient (Wildman–Crippen LogP) is 2.45. The number of ether oxygens (including phenoxy) is 3. The molecule has 2 aromatic rings. The van der Waals surface area contributed by atoms with Crippen molar-refractivity contribution >= 4 is 12.3 Å². The fourth-order valence-electron chi connectivity index (χ4n) is 1.89. The average molecular weight is 270 g/mol. The van der Waals surface area contributed by atoms with Crippen molar-refractivity contribution in [3.05, 3.63) is 53.6 Å². The molecule has 100 valence electrons. The molecular formula is C15H10O5. The van der Waals surface area contributed by atoms with E-state index in [0.29, 0.717) is 17.6 Å². The third kappa shape index (κ3) is 2.09. The Labute approximate surface area is 114 Å². The molecule has 3 rings (SSSR count). The van der Waals surface area contributed by atoms with E-state index in [4.69, 9.17) is 14.2 Å². The zero-order valence-corrected chi connectivity index (χ0v) is 10.4. The molecule has 0 unspecified atom stereocenters. The highest BCUT2D eigenvalue weighted by molar-refractivity contribution is 5.93. The van der Waals surface area contributed by atoms with E-state index in [1.54, 1.807) is 36.4 Å². The third-order valence-electron chi connectivity index (χ3n) is 2.86. The van der Waals surface area contributed by atoms with E-state index in [-0.39, 0.29) is 23.9 Å².